The third-order valence-electron chi connectivity index (χ3n) is 7.53. The summed E-state index contributed by atoms with van der Waals surface area (Å²) in [5.41, 5.74) is 5.78. The fraction of sp³-hybridized carbons (Fsp3) is 0.500. The van der Waals surface area contributed by atoms with E-state index in [0.29, 0.717) is 17.9 Å². The van der Waals surface area contributed by atoms with Gasteiger partial charge in [-0.3, -0.25) is 10.1 Å². The number of hydrogen-bond acceptors (Lipinski definition) is 6. The maximum atomic E-state index is 13.2. The van der Waals surface area contributed by atoms with Gasteiger partial charge in [0.05, 0.1) is 16.9 Å². The van der Waals surface area contributed by atoms with Gasteiger partial charge in [0, 0.05) is 24.6 Å². The van der Waals surface area contributed by atoms with Crippen LogP contribution in [0.3, 0.4) is 0 Å². The van der Waals surface area contributed by atoms with Crippen molar-refractivity contribution in [1.82, 2.24) is 25.2 Å². The normalized spacial score (nSPS) is 29.3. The van der Waals surface area contributed by atoms with Crippen molar-refractivity contribution in [3.05, 3.63) is 52.4 Å². The zero-order valence-corrected chi connectivity index (χ0v) is 18.8. The predicted molar refractivity (Wildman–Crippen MR) is 121 cm³/mol. The second kappa shape index (κ2) is 7.07. The van der Waals surface area contributed by atoms with Crippen LogP contribution in [0, 0.1) is 6.92 Å². The van der Waals surface area contributed by atoms with Crippen LogP contribution in [0.5, 0.6) is 0 Å². The molecular weight excluding hydrogens is 406 g/mol. The number of nitrogens with zero attached hydrogens (tertiary/aromatic N) is 4. The Kier molecular flexibility index (Phi) is 4.40. The summed E-state index contributed by atoms with van der Waals surface area (Å²) in [6.07, 6.45) is 6.80. The molecule has 0 spiro atoms. The summed E-state index contributed by atoms with van der Waals surface area (Å²) in [4.78, 5) is 29.9. The minimum Gasteiger partial charge on any atom is -0.323 e. The molecular formula is C24H27N5OS. The fourth-order valence-corrected chi connectivity index (χ4v) is 6.42. The molecule has 2 bridgehead atoms. The van der Waals surface area contributed by atoms with Crippen molar-refractivity contribution < 1.29 is 4.79 Å². The van der Waals surface area contributed by atoms with Gasteiger partial charge < -0.3 is 4.90 Å². The smallest absolute Gasteiger partial charge is 0.255 e. The van der Waals surface area contributed by atoms with E-state index in [2.05, 4.69) is 27.4 Å². The highest BCUT2D eigenvalue weighted by atomic mass is 32.1. The molecule has 160 valence electrons. The molecule has 1 amide bonds. The van der Waals surface area contributed by atoms with Gasteiger partial charge in [0.1, 0.15) is 16.2 Å². The highest BCUT2D eigenvalue weighted by molar-refractivity contribution is 7.16. The lowest BCUT2D eigenvalue weighted by atomic mass is 9.97. The van der Waals surface area contributed by atoms with Crippen LogP contribution in [0.1, 0.15) is 77.8 Å². The predicted octanol–water partition coefficient (Wildman–Crippen LogP) is 4.37. The Balaban J connectivity index is 1.20. The first-order chi connectivity index (χ1) is 15.0. The van der Waals surface area contributed by atoms with Gasteiger partial charge in [-0.05, 0) is 69.1 Å². The first kappa shape index (κ1) is 19.3. The molecule has 0 radical (unpaired) electrons. The number of piperidine rings is 1. The summed E-state index contributed by atoms with van der Waals surface area (Å²) < 4.78 is 0. The lowest BCUT2D eigenvalue weighted by Crippen LogP contribution is -2.59. The summed E-state index contributed by atoms with van der Waals surface area (Å²) in [6.45, 7) is 1.95. The van der Waals surface area contributed by atoms with E-state index in [4.69, 9.17) is 4.98 Å². The van der Waals surface area contributed by atoms with Crippen LogP contribution >= 0.6 is 11.3 Å². The Bertz CT molecular complexity index is 1150. The summed E-state index contributed by atoms with van der Waals surface area (Å²) in [7, 11) is 1.96. The molecule has 7 heteroatoms. The van der Waals surface area contributed by atoms with Crippen LogP contribution in [-0.4, -0.2) is 44.5 Å². The molecule has 4 heterocycles. The maximum Gasteiger partial charge on any atom is 0.255 e. The fourth-order valence-electron chi connectivity index (χ4n) is 5.70. The van der Waals surface area contributed by atoms with Crippen molar-refractivity contribution in [3.8, 4) is 0 Å². The zero-order chi connectivity index (χ0) is 21.2. The number of fused-ring (bicyclic) bond motifs is 3. The van der Waals surface area contributed by atoms with E-state index in [9.17, 15) is 4.79 Å². The molecule has 3 aliphatic rings. The van der Waals surface area contributed by atoms with Crippen molar-refractivity contribution in [2.24, 2.45) is 0 Å². The number of carbonyl (C=O) groups excluding carboxylic acids is 1. The first-order valence-electron chi connectivity index (χ1n) is 11.3. The quantitative estimate of drug-likeness (QED) is 0.662. The monoisotopic (exact) mass is 433 g/mol. The van der Waals surface area contributed by atoms with Crippen molar-refractivity contribution in [2.75, 3.05) is 7.05 Å². The van der Waals surface area contributed by atoms with Gasteiger partial charge >= 0.3 is 0 Å². The Morgan fingerprint density at radius 3 is 2.84 bits per heavy atom. The van der Waals surface area contributed by atoms with E-state index in [1.54, 1.807) is 11.3 Å². The number of thiazole rings is 1. The Hall–Kier alpha value is -2.38. The van der Waals surface area contributed by atoms with Crippen LogP contribution in [0.25, 0.3) is 10.3 Å². The van der Waals surface area contributed by atoms with E-state index in [-0.39, 0.29) is 11.6 Å². The molecule has 1 aliphatic carbocycles. The molecule has 6 nitrogen and oxygen atoms in total. The van der Waals surface area contributed by atoms with Crippen LogP contribution in [-0.2, 0) is 0 Å². The standard InChI is InChI=1S/C24H27N5OS/c1-14-26-20(21-22(27-14)31-13-25-21)19-12-18(19)15-5-7-16(8-6-15)23(30)29(2)24-10-3-4-17(28-24)9-11-24/h5-8,13,17-19,28H,3-4,9-12H2,1-2H3. The van der Waals surface area contributed by atoms with Crippen molar-refractivity contribution in [3.63, 3.8) is 0 Å². The van der Waals surface area contributed by atoms with Crippen LogP contribution in [0.2, 0.25) is 0 Å². The lowest BCUT2D eigenvalue weighted by molar-refractivity contribution is 0.0417. The Morgan fingerprint density at radius 1 is 1.16 bits per heavy atom. The SMILES string of the molecule is Cc1nc(C2CC2c2ccc(C(=O)N(C)C34CCCC(CC3)N4)cc2)c2ncsc2n1. The highest BCUT2D eigenvalue weighted by Crippen LogP contribution is 2.55. The van der Waals surface area contributed by atoms with Gasteiger partial charge in [0.25, 0.3) is 5.91 Å². The minimum absolute atomic E-state index is 0.115. The van der Waals surface area contributed by atoms with Gasteiger partial charge in [-0.15, -0.1) is 11.3 Å². The average Bonchev–Trinajstić information content (AvgIpc) is 3.35. The summed E-state index contributed by atoms with van der Waals surface area (Å²) in [5.74, 6) is 1.75. The Morgan fingerprint density at radius 2 is 2.00 bits per heavy atom. The summed E-state index contributed by atoms with van der Waals surface area (Å²) in [5, 5.41) is 3.72. The van der Waals surface area contributed by atoms with Crippen molar-refractivity contribution in [1.29, 1.82) is 0 Å². The van der Waals surface area contributed by atoms with Gasteiger partial charge in [0.2, 0.25) is 0 Å². The molecule has 2 saturated heterocycles. The highest BCUT2D eigenvalue weighted by Gasteiger charge is 2.46. The zero-order valence-electron chi connectivity index (χ0n) is 18.0. The topological polar surface area (TPSA) is 71.0 Å². The molecule has 1 saturated carbocycles. The molecule has 2 aliphatic heterocycles. The molecule has 4 atom stereocenters. The van der Waals surface area contributed by atoms with E-state index < -0.39 is 0 Å². The molecule has 4 unspecified atom stereocenters. The first-order valence-corrected chi connectivity index (χ1v) is 12.2. The summed E-state index contributed by atoms with van der Waals surface area (Å²) in [6, 6.07) is 8.83. The second-order valence-electron chi connectivity index (χ2n) is 9.40. The minimum atomic E-state index is -0.149. The lowest BCUT2D eigenvalue weighted by Gasteiger charge is -2.42. The van der Waals surface area contributed by atoms with Gasteiger partial charge in [-0.25, -0.2) is 15.0 Å². The third kappa shape index (κ3) is 3.17. The number of nitrogens with one attached hydrogen (secondary N) is 1. The number of benzene rings is 1. The molecule has 3 aromatic rings. The summed E-state index contributed by atoms with van der Waals surface area (Å²) >= 11 is 1.57. The van der Waals surface area contributed by atoms with Crippen molar-refractivity contribution in [2.45, 2.75) is 69.0 Å². The van der Waals surface area contributed by atoms with Crippen LogP contribution < -0.4 is 5.32 Å². The van der Waals surface area contributed by atoms with E-state index in [1.165, 1.54) is 24.8 Å². The number of carbonyl (C=O) groups is 1. The molecule has 3 fully saturated rings. The number of hydrogen-bond donors (Lipinski definition) is 1. The van der Waals surface area contributed by atoms with Gasteiger partial charge in [0.15, 0.2) is 0 Å². The molecule has 31 heavy (non-hydrogen) atoms. The number of aryl methyl sites for hydroxylation is 1. The molecule has 1 N–H and O–H groups in total. The molecule has 1 aromatic carbocycles. The van der Waals surface area contributed by atoms with Crippen molar-refractivity contribution >= 4 is 27.6 Å². The number of aromatic nitrogens is 3. The molecule has 2 aromatic heterocycles. The second-order valence-corrected chi connectivity index (χ2v) is 10.2. The third-order valence-corrected chi connectivity index (χ3v) is 8.25. The van der Waals surface area contributed by atoms with Gasteiger partial charge in [-0.2, -0.15) is 0 Å². The maximum absolute atomic E-state index is 13.2. The van der Waals surface area contributed by atoms with Gasteiger partial charge in [-0.1, -0.05) is 12.1 Å². The number of amides is 1. The molecule has 6 rings (SSSR count). The van der Waals surface area contributed by atoms with E-state index in [1.807, 2.05) is 36.5 Å². The largest absolute Gasteiger partial charge is 0.323 e. The number of rotatable bonds is 4. The Labute approximate surface area is 186 Å². The van der Waals surface area contributed by atoms with E-state index in [0.717, 1.165) is 46.7 Å². The van der Waals surface area contributed by atoms with Crippen LogP contribution in [0.15, 0.2) is 29.8 Å². The van der Waals surface area contributed by atoms with Crippen LogP contribution in [0.4, 0.5) is 0 Å². The average molecular weight is 434 g/mol. The van der Waals surface area contributed by atoms with E-state index >= 15 is 0 Å².